The maximum absolute atomic E-state index is 11.5. The third-order valence-electron chi connectivity index (χ3n) is 2.63. The number of carboxylic acids is 1. The maximum Gasteiger partial charge on any atom is 0.315 e. The van der Waals surface area contributed by atoms with Crippen molar-refractivity contribution in [3.05, 3.63) is 18.0 Å². The van der Waals surface area contributed by atoms with Crippen LogP contribution in [0, 0.1) is 5.92 Å². The largest absolute Gasteiger partial charge is 0.481 e. The van der Waals surface area contributed by atoms with Gasteiger partial charge in [0.1, 0.15) is 5.92 Å². The highest BCUT2D eigenvalue weighted by atomic mass is 16.5. The van der Waals surface area contributed by atoms with Gasteiger partial charge < -0.3 is 25.0 Å². The van der Waals surface area contributed by atoms with E-state index in [1.165, 1.54) is 6.20 Å². The first-order valence-corrected chi connectivity index (χ1v) is 5.41. The van der Waals surface area contributed by atoms with Gasteiger partial charge in [0.05, 0.1) is 32.0 Å². The number of ether oxygens (including phenoxy) is 1. The lowest BCUT2D eigenvalue weighted by Gasteiger charge is -2.15. The molecule has 2 rings (SSSR count). The number of urea groups is 1. The lowest BCUT2D eigenvalue weighted by atomic mass is 10.0. The van der Waals surface area contributed by atoms with Crippen LogP contribution in [0.1, 0.15) is 5.76 Å². The summed E-state index contributed by atoms with van der Waals surface area (Å²) in [4.78, 5) is 22.4. The molecule has 0 spiro atoms. The highest BCUT2D eigenvalue weighted by molar-refractivity contribution is 5.77. The Morgan fingerprint density at radius 1 is 1.50 bits per heavy atom. The molecule has 2 heterocycles. The molecule has 8 heteroatoms. The van der Waals surface area contributed by atoms with Gasteiger partial charge in [-0.05, 0) is 0 Å². The highest BCUT2D eigenvalue weighted by Gasteiger charge is 2.34. The summed E-state index contributed by atoms with van der Waals surface area (Å²) in [7, 11) is 0. The Hall–Kier alpha value is -2.09. The van der Waals surface area contributed by atoms with Crippen LogP contribution in [0.25, 0.3) is 0 Å². The minimum Gasteiger partial charge on any atom is -0.481 e. The molecule has 2 amide bonds. The number of nitrogens with one attached hydrogen (secondary N) is 2. The predicted molar refractivity (Wildman–Crippen MR) is 57.6 cm³/mol. The van der Waals surface area contributed by atoms with Gasteiger partial charge in [0.2, 0.25) is 0 Å². The molecule has 1 saturated heterocycles. The molecule has 0 aromatic carbocycles. The summed E-state index contributed by atoms with van der Waals surface area (Å²) in [5, 5.41) is 17.5. The first-order valence-electron chi connectivity index (χ1n) is 5.41. The fraction of sp³-hybridized carbons (Fsp3) is 0.500. The second-order valence-electron chi connectivity index (χ2n) is 3.89. The van der Waals surface area contributed by atoms with Gasteiger partial charge >= 0.3 is 12.0 Å². The minimum absolute atomic E-state index is 0.113. The van der Waals surface area contributed by atoms with Crippen LogP contribution < -0.4 is 10.6 Å². The smallest absolute Gasteiger partial charge is 0.315 e. The van der Waals surface area contributed by atoms with E-state index in [0.717, 1.165) is 0 Å². The predicted octanol–water partition coefficient (Wildman–Crippen LogP) is -0.427. The first-order chi connectivity index (χ1) is 8.66. The van der Waals surface area contributed by atoms with E-state index in [0.29, 0.717) is 5.76 Å². The van der Waals surface area contributed by atoms with Crippen molar-refractivity contribution < 1.29 is 24.0 Å². The van der Waals surface area contributed by atoms with E-state index in [1.807, 2.05) is 0 Å². The zero-order valence-corrected chi connectivity index (χ0v) is 9.46. The summed E-state index contributed by atoms with van der Waals surface area (Å²) in [5.41, 5.74) is 0. The second-order valence-corrected chi connectivity index (χ2v) is 3.89. The van der Waals surface area contributed by atoms with Crippen LogP contribution in [-0.4, -0.2) is 41.5 Å². The molecule has 0 saturated carbocycles. The van der Waals surface area contributed by atoms with Crippen molar-refractivity contribution in [1.29, 1.82) is 0 Å². The second kappa shape index (κ2) is 5.50. The van der Waals surface area contributed by atoms with Gasteiger partial charge in [-0.2, -0.15) is 0 Å². The third-order valence-corrected chi connectivity index (χ3v) is 2.63. The van der Waals surface area contributed by atoms with Crippen LogP contribution in [0.15, 0.2) is 16.8 Å². The lowest BCUT2D eigenvalue weighted by molar-refractivity contribution is -0.142. The monoisotopic (exact) mass is 255 g/mol. The topological polar surface area (TPSA) is 114 Å². The molecular formula is C10H13N3O5. The van der Waals surface area contributed by atoms with Crippen molar-refractivity contribution in [3.63, 3.8) is 0 Å². The Bertz CT molecular complexity index is 419. The molecule has 18 heavy (non-hydrogen) atoms. The quantitative estimate of drug-likeness (QED) is 0.673. The zero-order valence-electron chi connectivity index (χ0n) is 9.46. The molecular weight excluding hydrogens is 242 g/mol. The molecule has 1 fully saturated rings. The van der Waals surface area contributed by atoms with E-state index in [-0.39, 0.29) is 19.8 Å². The summed E-state index contributed by atoms with van der Waals surface area (Å²) < 4.78 is 9.83. The molecule has 0 aliphatic carbocycles. The summed E-state index contributed by atoms with van der Waals surface area (Å²) >= 11 is 0. The van der Waals surface area contributed by atoms with Crippen molar-refractivity contribution in [2.45, 2.75) is 12.6 Å². The molecule has 1 aliphatic heterocycles. The van der Waals surface area contributed by atoms with Crippen molar-refractivity contribution >= 4 is 12.0 Å². The molecule has 2 unspecified atom stereocenters. The average molecular weight is 255 g/mol. The molecule has 1 aliphatic rings. The van der Waals surface area contributed by atoms with Gasteiger partial charge in [0.15, 0.2) is 5.76 Å². The number of aliphatic carboxylic acids is 1. The number of hydrogen-bond acceptors (Lipinski definition) is 5. The first kappa shape index (κ1) is 12.4. The van der Waals surface area contributed by atoms with Crippen molar-refractivity contribution in [3.8, 4) is 0 Å². The zero-order chi connectivity index (χ0) is 13.0. The van der Waals surface area contributed by atoms with Gasteiger partial charge in [-0.15, -0.1) is 0 Å². The number of carbonyl (C=O) groups is 2. The average Bonchev–Trinajstić information content (AvgIpc) is 2.96. The number of rotatable bonds is 4. The van der Waals surface area contributed by atoms with Gasteiger partial charge in [0.25, 0.3) is 0 Å². The van der Waals surface area contributed by atoms with Gasteiger partial charge in [-0.25, -0.2) is 4.79 Å². The van der Waals surface area contributed by atoms with E-state index >= 15 is 0 Å². The third kappa shape index (κ3) is 2.98. The SMILES string of the molecule is O=C(NCc1ccno1)NC1COCC1C(=O)O. The molecule has 1 aromatic heterocycles. The lowest BCUT2D eigenvalue weighted by Crippen LogP contribution is -2.46. The van der Waals surface area contributed by atoms with E-state index in [2.05, 4.69) is 15.8 Å². The molecule has 0 radical (unpaired) electrons. The summed E-state index contributed by atoms with van der Waals surface area (Å²) in [6.07, 6.45) is 1.47. The number of nitrogens with zero attached hydrogens (tertiary/aromatic N) is 1. The van der Waals surface area contributed by atoms with E-state index in [4.69, 9.17) is 14.4 Å². The molecule has 3 N–H and O–H groups in total. The number of carboxylic acid groups (broad SMARTS) is 1. The Balaban J connectivity index is 1.78. The molecule has 1 aromatic rings. The Labute approximate surface area is 102 Å². The van der Waals surface area contributed by atoms with Crippen LogP contribution in [0.4, 0.5) is 4.79 Å². The normalized spacial score (nSPS) is 22.7. The van der Waals surface area contributed by atoms with Gasteiger partial charge in [-0.1, -0.05) is 5.16 Å². The fourth-order valence-electron chi connectivity index (χ4n) is 1.66. The summed E-state index contributed by atoms with van der Waals surface area (Å²) in [6, 6.07) is 0.643. The van der Waals surface area contributed by atoms with Crippen LogP contribution in [-0.2, 0) is 16.1 Å². The van der Waals surface area contributed by atoms with E-state index < -0.39 is 24.0 Å². The van der Waals surface area contributed by atoms with Crippen LogP contribution in [0.3, 0.4) is 0 Å². The van der Waals surface area contributed by atoms with Crippen LogP contribution in [0.2, 0.25) is 0 Å². The highest BCUT2D eigenvalue weighted by Crippen LogP contribution is 2.13. The minimum atomic E-state index is -0.979. The summed E-state index contributed by atoms with van der Waals surface area (Å²) in [5.74, 6) is -1.17. The Kier molecular flexibility index (Phi) is 3.78. The van der Waals surface area contributed by atoms with Gasteiger partial charge in [0, 0.05) is 6.07 Å². The van der Waals surface area contributed by atoms with Crippen molar-refractivity contribution in [1.82, 2.24) is 15.8 Å². The molecule has 2 atom stereocenters. The maximum atomic E-state index is 11.5. The van der Waals surface area contributed by atoms with Crippen LogP contribution in [0.5, 0.6) is 0 Å². The van der Waals surface area contributed by atoms with Crippen molar-refractivity contribution in [2.24, 2.45) is 5.92 Å². The summed E-state index contributed by atoms with van der Waals surface area (Å²) in [6.45, 7) is 0.506. The van der Waals surface area contributed by atoms with Crippen LogP contribution >= 0.6 is 0 Å². The fourth-order valence-corrected chi connectivity index (χ4v) is 1.66. The van der Waals surface area contributed by atoms with E-state index in [1.54, 1.807) is 6.07 Å². The Morgan fingerprint density at radius 2 is 2.33 bits per heavy atom. The van der Waals surface area contributed by atoms with Gasteiger partial charge in [-0.3, -0.25) is 4.79 Å². The van der Waals surface area contributed by atoms with Crippen molar-refractivity contribution in [2.75, 3.05) is 13.2 Å². The molecule has 98 valence electrons. The number of aromatic nitrogens is 1. The number of carbonyl (C=O) groups excluding carboxylic acids is 1. The standard InChI is InChI=1S/C10H13N3O5/c14-9(15)7-4-17-5-8(7)13-10(16)11-3-6-1-2-12-18-6/h1-2,7-8H,3-5H2,(H,14,15)(H2,11,13,16). The number of amides is 2. The van der Waals surface area contributed by atoms with E-state index in [9.17, 15) is 9.59 Å². The molecule has 0 bridgehead atoms. The number of hydrogen-bond donors (Lipinski definition) is 3. The molecule has 8 nitrogen and oxygen atoms in total. The Morgan fingerprint density at radius 3 is 3.00 bits per heavy atom.